The summed E-state index contributed by atoms with van der Waals surface area (Å²) in [6.45, 7) is 1.74. The number of anilines is 1. The number of primary sulfonamides is 1. The fourth-order valence-electron chi connectivity index (χ4n) is 2.57. The number of hydrogen-bond acceptors (Lipinski definition) is 5. The SMILES string of the molecule is CC(c1ccc(S(N)(=O)=O)cc1)N(C)C(=O)Nc1ccc2c(c1)OC(F)(F)O2. The van der Waals surface area contributed by atoms with Crippen molar-refractivity contribution in [2.45, 2.75) is 24.2 Å². The molecule has 3 rings (SSSR count). The van der Waals surface area contributed by atoms with Crippen molar-refractivity contribution in [3.05, 3.63) is 48.0 Å². The van der Waals surface area contributed by atoms with E-state index in [-0.39, 0.29) is 22.1 Å². The van der Waals surface area contributed by atoms with Crippen LogP contribution in [-0.2, 0) is 10.0 Å². The molecule has 11 heteroatoms. The second-order valence-electron chi connectivity index (χ2n) is 6.16. The minimum atomic E-state index is -3.80. The number of nitrogens with one attached hydrogen (secondary N) is 1. The molecule has 8 nitrogen and oxygen atoms in total. The van der Waals surface area contributed by atoms with Gasteiger partial charge in [0, 0.05) is 18.8 Å². The maximum Gasteiger partial charge on any atom is 0.586 e. The van der Waals surface area contributed by atoms with Crippen LogP contribution in [0.15, 0.2) is 47.4 Å². The number of carbonyl (C=O) groups excluding carboxylic acids is 1. The van der Waals surface area contributed by atoms with Gasteiger partial charge in [-0.3, -0.25) is 0 Å². The minimum Gasteiger partial charge on any atom is -0.395 e. The normalized spacial score (nSPS) is 15.8. The fraction of sp³-hybridized carbons (Fsp3) is 0.235. The van der Waals surface area contributed by atoms with Gasteiger partial charge >= 0.3 is 12.3 Å². The summed E-state index contributed by atoms with van der Waals surface area (Å²) in [5.74, 6) is -0.309. The van der Waals surface area contributed by atoms with E-state index >= 15 is 0 Å². The van der Waals surface area contributed by atoms with Gasteiger partial charge < -0.3 is 19.7 Å². The maximum absolute atomic E-state index is 13.1. The van der Waals surface area contributed by atoms with Gasteiger partial charge in [0.2, 0.25) is 10.0 Å². The molecule has 0 aromatic heterocycles. The molecule has 1 aliphatic heterocycles. The molecule has 0 spiro atoms. The van der Waals surface area contributed by atoms with Crippen LogP contribution in [0.25, 0.3) is 0 Å². The Morgan fingerprint density at radius 1 is 1.14 bits per heavy atom. The number of halogens is 2. The van der Waals surface area contributed by atoms with E-state index in [1.807, 2.05) is 0 Å². The average molecular weight is 413 g/mol. The number of rotatable bonds is 4. The predicted octanol–water partition coefficient (Wildman–Crippen LogP) is 2.88. The monoisotopic (exact) mass is 413 g/mol. The van der Waals surface area contributed by atoms with Gasteiger partial charge in [0.05, 0.1) is 10.9 Å². The van der Waals surface area contributed by atoms with Gasteiger partial charge in [-0.2, -0.15) is 0 Å². The van der Waals surface area contributed by atoms with E-state index in [1.54, 1.807) is 19.1 Å². The molecule has 0 saturated carbocycles. The zero-order chi connectivity index (χ0) is 20.7. The molecule has 1 heterocycles. The molecule has 1 unspecified atom stereocenters. The molecule has 0 bridgehead atoms. The second kappa shape index (κ2) is 6.91. The van der Waals surface area contributed by atoms with Crippen molar-refractivity contribution < 1.29 is 31.5 Å². The lowest BCUT2D eigenvalue weighted by Gasteiger charge is -2.25. The number of alkyl halides is 2. The van der Waals surface area contributed by atoms with Crippen LogP contribution in [0.3, 0.4) is 0 Å². The van der Waals surface area contributed by atoms with Gasteiger partial charge in [0.1, 0.15) is 0 Å². The largest absolute Gasteiger partial charge is 0.586 e. The fourth-order valence-corrected chi connectivity index (χ4v) is 3.09. The van der Waals surface area contributed by atoms with Crippen LogP contribution in [0, 0.1) is 0 Å². The summed E-state index contributed by atoms with van der Waals surface area (Å²) in [7, 11) is -2.27. The summed E-state index contributed by atoms with van der Waals surface area (Å²) >= 11 is 0. The van der Waals surface area contributed by atoms with Crippen LogP contribution in [0.1, 0.15) is 18.5 Å². The van der Waals surface area contributed by atoms with Crippen LogP contribution in [0.5, 0.6) is 11.5 Å². The van der Waals surface area contributed by atoms with Gasteiger partial charge in [-0.1, -0.05) is 12.1 Å². The van der Waals surface area contributed by atoms with Crippen molar-refractivity contribution in [3.63, 3.8) is 0 Å². The zero-order valence-electron chi connectivity index (χ0n) is 14.8. The Bertz CT molecular complexity index is 1010. The molecule has 3 N–H and O–H groups in total. The van der Waals surface area contributed by atoms with Crippen molar-refractivity contribution in [2.24, 2.45) is 5.14 Å². The summed E-state index contributed by atoms with van der Waals surface area (Å²) in [5.41, 5.74) is 0.920. The van der Waals surface area contributed by atoms with Crippen LogP contribution >= 0.6 is 0 Å². The molecule has 28 heavy (non-hydrogen) atoms. The lowest BCUT2D eigenvalue weighted by Crippen LogP contribution is -2.33. The molecule has 2 aromatic rings. The highest BCUT2D eigenvalue weighted by molar-refractivity contribution is 7.89. The molecule has 0 saturated heterocycles. The number of nitrogens with two attached hydrogens (primary N) is 1. The Morgan fingerprint density at radius 2 is 1.75 bits per heavy atom. The highest BCUT2D eigenvalue weighted by atomic mass is 32.2. The zero-order valence-corrected chi connectivity index (χ0v) is 15.7. The van der Waals surface area contributed by atoms with E-state index in [9.17, 15) is 22.0 Å². The molecule has 0 aliphatic carbocycles. The Morgan fingerprint density at radius 3 is 2.36 bits per heavy atom. The Labute approximate surface area is 159 Å². The molecule has 0 fully saturated rings. The Kier molecular flexibility index (Phi) is 4.90. The molecule has 2 amide bonds. The number of ether oxygens (including phenoxy) is 2. The smallest absolute Gasteiger partial charge is 0.395 e. The summed E-state index contributed by atoms with van der Waals surface area (Å²) in [6.07, 6.45) is -3.74. The third-order valence-electron chi connectivity index (χ3n) is 4.24. The topological polar surface area (TPSA) is 111 Å². The van der Waals surface area contributed by atoms with Crippen LogP contribution in [0.2, 0.25) is 0 Å². The van der Waals surface area contributed by atoms with Gasteiger partial charge in [-0.05, 0) is 36.8 Å². The van der Waals surface area contributed by atoms with E-state index in [4.69, 9.17) is 5.14 Å². The number of amides is 2. The quantitative estimate of drug-likeness (QED) is 0.801. The third-order valence-corrected chi connectivity index (χ3v) is 5.17. The number of benzene rings is 2. The first-order valence-corrected chi connectivity index (χ1v) is 9.57. The predicted molar refractivity (Wildman–Crippen MR) is 95.7 cm³/mol. The van der Waals surface area contributed by atoms with E-state index in [0.717, 1.165) is 0 Å². The Hall–Kier alpha value is -2.92. The van der Waals surface area contributed by atoms with Crippen molar-refractivity contribution in [2.75, 3.05) is 12.4 Å². The Balaban J connectivity index is 1.69. The highest BCUT2D eigenvalue weighted by Crippen LogP contribution is 2.42. The second-order valence-corrected chi connectivity index (χ2v) is 7.72. The molecule has 2 aromatic carbocycles. The first kappa shape index (κ1) is 19.8. The maximum atomic E-state index is 13.1. The summed E-state index contributed by atoms with van der Waals surface area (Å²) in [4.78, 5) is 13.8. The van der Waals surface area contributed by atoms with Crippen molar-refractivity contribution in [3.8, 4) is 11.5 Å². The van der Waals surface area contributed by atoms with E-state index in [1.165, 1.54) is 42.3 Å². The number of nitrogens with zero attached hydrogens (tertiary/aromatic N) is 1. The van der Waals surface area contributed by atoms with Gasteiger partial charge in [0.15, 0.2) is 11.5 Å². The van der Waals surface area contributed by atoms with E-state index in [0.29, 0.717) is 5.56 Å². The van der Waals surface area contributed by atoms with Crippen molar-refractivity contribution in [1.82, 2.24) is 4.90 Å². The number of hydrogen-bond donors (Lipinski definition) is 2. The summed E-state index contributed by atoms with van der Waals surface area (Å²) < 4.78 is 57.4. The lowest BCUT2D eigenvalue weighted by atomic mass is 10.1. The van der Waals surface area contributed by atoms with Gasteiger partial charge in [-0.25, -0.2) is 18.4 Å². The van der Waals surface area contributed by atoms with Gasteiger partial charge in [-0.15, -0.1) is 8.78 Å². The first-order chi connectivity index (χ1) is 13.0. The number of urea groups is 1. The van der Waals surface area contributed by atoms with E-state index < -0.39 is 28.4 Å². The molecule has 0 radical (unpaired) electrons. The molecule has 1 atom stereocenters. The highest BCUT2D eigenvalue weighted by Gasteiger charge is 2.43. The first-order valence-electron chi connectivity index (χ1n) is 8.03. The third kappa shape index (κ3) is 4.15. The molecule has 150 valence electrons. The van der Waals surface area contributed by atoms with Crippen LogP contribution in [0.4, 0.5) is 19.3 Å². The summed E-state index contributed by atoms with van der Waals surface area (Å²) in [5, 5.41) is 7.64. The summed E-state index contributed by atoms with van der Waals surface area (Å²) in [6, 6.07) is 8.79. The van der Waals surface area contributed by atoms with E-state index in [2.05, 4.69) is 14.8 Å². The number of sulfonamides is 1. The average Bonchev–Trinajstić information content (AvgIpc) is 2.92. The molecular weight excluding hydrogens is 396 g/mol. The van der Waals surface area contributed by atoms with Gasteiger partial charge in [0.25, 0.3) is 0 Å². The van der Waals surface area contributed by atoms with Crippen molar-refractivity contribution in [1.29, 1.82) is 0 Å². The standard InChI is InChI=1S/C17H17F2N3O5S/c1-10(11-3-6-13(7-4-11)28(20,24)25)22(2)16(23)21-12-5-8-14-15(9-12)27-17(18,19)26-14/h3-10H,1-2H3,(H,21,23)(H2,20,24,25). The molecular formula is C17H17F2N3O5S. The minimum absolute atomic E-state index is 0.0345. The molecule has 1 aliphatic rings. The number of carbonyl (C=O) groups is 1. The van der Waals surface area contributed by atoms with Crippen molar-refractivity contribution >= 4 is 21.7 Å². The number of fused-ring (bicyclic) bond motifs is 1. The lowest BCUT2D eigenvalue weighted by molar-refractivity contribution is -0.286. The van der Waals surface area contributed by atoms with Crippen LogP contribution in [-0.4, -0.2) is 32.7 Å². The van der Waals surface area contributed by atoms with Crippen LogP contribution < -0.4 is 19.9 Å².